The van der Waals surface area contributed by atoms with Crippen LogP contribution < -0.4 is 10.6 Å². The summed E-state index contributed by atoms with van der Waals surface area (Å²) in [6.07, 6.45) is -0.117. The molecule has 0 aliphatic heterocycles. The predicted octanol–water partition coefficient (Wildman–Crippen LogP) is 0.714. The van der Waals surface area contributed by atoms with Crippen LogP contribution in [0.1, 0.15) is 13.3 Å². The first-order valence-corrected chi connectivity index (χ1v) is 4.44. The number of rotatable bonds is 4. The van der Waals surface area contributed by atoms with Crippen LogP contribution in [0.2, 0.25) is 0 Å². The van der Waals surface area contributed by atoms with Gasteiger partial charge in [-0.15, -0.1) is 12.3 Å². The van der Waals surface area contributed by atoms with Crippen molar-refractivity contribution in [3.63, 3.8) is 0 Å². The number of hydrogen-bond acceptors (Lipinski definition) is 2. The quantitative estimate of drug-likeness (QED) is 0.509. The molecule has 0 aromatic heterocycles. The number of terminal acetylenes is 1. The highest BCUT2D eigenvalue weighted by atomic mass is 19.4. The van der Waals surface area contributed by atoms with Gasteiger partial charge in [-0.05, 0) is 6.92 Å². The number of carbonyl (C=O) groups excluding carboxylic acids is 1. The molecular formula is C9H11F3N2O3. The van der Waals surface area contributed by atoms with Gasteiger partial charge in [-0.2, -0.15) is 13.2 Å². The van der Waals surface area contributed by atoms with Crippen LogP contribution in [0.25, 0.3) is 0 Å². The van der Waals surface area contributed by atoms with Crippen molar-refractivity contribution in [2.24, 2.45) is 0 Å². The standard InChI is InChI=1S/C9H11F3N2O3/c1-3-4-5-13-7(17)14-8(2,6(15)16)9(10,11)12/h1H,4-5H2,2H3,(H,15,16)(H2,13,14,17). The molecule has 0 aliphatic carbocycles. The molecule has 0 radical (unpaired) electrons. The molecule has 17 heavy (non-hydrogen) atoms. The number of aliphatic carboxylic acids is 1. The zero-order valence-electron chi connectivity index (χ0n) is 8.89. The van der Waals surface area contributed by atoms with Crippen LogP contribution in [-0.4, -0.2) is 35.4 Å². The first-order chi connectivity index (χ1) is 7.65. The Morgan fingerprint density at radius 1 is 1.41 bits per heavy atom. The molecule has 8 heteroatoms. The highest BCUT2D eigenvalue weighted by Gasteiger charge is 2.58. The van der Waals surface area contributed by atoms with Crippen molar-refractivity contribution in [3.05, 3.63) is 0 Å². The summed E-state index contributed by atoms with van der Waals surface area (Å²) in [7, 11) is 0. The maximum absolute atomic E-state index is 12.4. The van der Waals surface area contributed by atoms with E-state index in [4.69, 9.17) is 11.5 Å². The Bertz CT molecular complexity index is 348. The summed E-state index contributed by atoms with van der Waals surface area (Å²) in [4.78, 5) is 21.6. The van der Waals surface area contributed by atoms with Crippen LogP contribution in [0.3, 0.4) is 0 Å². The van der Waals surface area contributed by atoms with E-state index in [2.05, 4.69) is 5.92 Å². The molecule has 0 heterocycles. The number of hydrogen-bond donors (Lipinski definition) is 3. The Labute approximate surface area is 95.4 Å². The van der Waals surface area contributed by atoms with E-state index in [9.17, 15) is 22.8 Å². The number of carboxylic acid groups (broad SMARTS) is 1. The van der Waals surface area contributed by atoms with Crippen LogP contribution in [0, 0.1) is 12.3 Å². The number of amides is 2. The maximum atomic E-state index is 12.4. The Morgan fingerprint density at radius 2 is 1.94 bits per heavy atom. The molecule has 5 nitrogen and oxygen atoms in total. The second-order valence-electron chi connectivity index (χ2n) is 3.26. The van der Waals surface area contributed by atoms with Crippen LogP contribution in [0.4, 0.5) is 18.0 Å². The molecule has 1 atom stereocenters. The van der Waals surface area contributed by atoms with Crippen molar-refractivity contribution in [3.8, 4) is 12.3 Å². The van der Waals surface area contributed by atoms with E-state index in [0.717, 1.165) is 0 Å². The summed E-state index contributed by atoms with van der Waals surface area (Å²) >= 11 is 0. The van der Waals surface area contributed by atoms with Crippen LogP contribution >= 0.6 is 0 Å². The Balaban J connectivity index is 4.64. The number of nitrogens with one attached hydrogen (secondary N) is 2. The molecule has 2 amide bonds. The fourth-order valence-corrected chi connectivity index (χ4v) is 0.765. The maximum Gasteiger partial charge on any atom is 0.422 e. The molecule has 0 aliphatic rings. The van der Waals surface area contributed by atoms with Crippen LogP contribution in [0.5, 0.6) is 0 Å². The minimum Gasteiger partial charge on any atom is -0.479 e. The lowest BCUT2D eigenvalue weighted by atomic mass is 10.0. The lowest BCUT2D eigenvalue weighted by Gasteiger charge is -2.28. The molecule has 0 bridgehead atoms. The first kappa shape index (κ1) is 15.1. The Kier molecular flexibility index (Phi) is 4.82. The highest BCUT2D eigenvalue weighted by molar-refractivity contribution is 5.86. The summed E-state index contributed by atoms with van der Waals surface area (Å²) in [5.41, 5.74) is -3.34. The van der Waals surface area contributed by atoms with Gasteiger partial charge in [0.2, 0.25) is 5.54 Å². The SMILES string of the molecule is C#CCCNC(=O)NC(C)(C(=O)O)C(F)(F)F. The van der Waals surface area contributed by atoms with Gasteiger partial charge >= 0.3 is 18.2 Å². The fraction of sp³-hybridized carbons (Fsp3) is 0.556. The summed E-state index contributed by atoms with van der Waals surface area (Å²) in [6.45, 7) is 0.311. The number of carbonyl (C=O) groups is 2. The summed E-state index contributed by atoms with van der Waals surface area (Å²) < 4.78 is 37.3. The molecule has 0 saturated heterocycles. The van der Waals surface area contributed by atoms with E-state index in [-0.39, 0.29) is 13.0 Å². The van der Waals surface area contributed by atoms with E-state index in [0.29, 0.717) is 6.92 Å². The third-order valence-electron chi connectivity index (χ3n) is 1.91. The minimum absolute atomic E-state index is 0.0457. The predicted molar refractivity (Wildman–Crippen MR) is 52.1 cm³/mol. The van der Waals surface area contributed by atoms with Crippen molar-refractivity contribution in [2.75, 3.05) is 6.54 Å². The van der Waals surface area contributed by atoms with Crippen molar-refractivity contribution in [2.45, 2.75) is 25.1 Å². The summed E-state index contributed by atoms with van der Waals surface area (Å²) in [5, 5.41) is 11.9. The van der Waals surface area contributed by atoms with Gasteiger partial charge in [-0.1, -0.05) is 0 Å². The molecule has 3 N–H and O–H groups in total. The van der Waals surface area contributed by atoms with E-state index in [1.807, 2.05) is 5.32 Å². The molecule has 0 saturated carbocycles. The van der Waals surface area contributed by atoms with Crippen molar-refractivity contribution in [1.82, 2.24) is 10.6 Å². The largest absolute Gasteiger partial charge is 0.479 e. The van der Waals surface area contributed by atoms with Gasteiger partial charge in [-0.3, -0.25) is 0 Å². The average molecular weight is 252 g/mol. The molecule has 0 fully saturated rings. The normalized spacial score (nSPS) is 14.3. The second kappa shape index (κ2) is 5.43. The molecule has 0 aromatic carbocycles. The van der Waals surface area contributed by atoms with E-state index < -0.39 is 23.7 Å². The average Bonchev–Trinajstić information content (AvgIpc) is 2.15. The van der Waals surface area contributed by atoms with E-state index in [1.165, 1.54) is 5.32 Å². The number of alkyl halides is 3. The van der Waals surface area contributed by atoms with Crippen LogP contribution in [0.15, 0.2) is 0 Å². The first-order valence-electron chi connectivity index (χ1n) is 4.44. The molecular weight excluding hydrogens is 241 g/mol. The van der Waals surface area contributed by atoms with Gasteiger partial charge in [0, 0.05) is 13.0 Å². The topological polar surface area (TPSA) is 78.4 Å². The van der Waals surface area contributed by atoms with Gasteiger partial charge in [0.15, 0.2) is 0 Å². The van der Waals surface area contributed by atoms with Gasteiger partial charge < -0.3 is 15.7 Å². The summed E-state index contributed by atoms with van der Waals surface area (Å²) in [6, 6.07) is -1.25. The second-order valence-corrected chi connectivity index (χ2v) is 3.26. The highest BCUT2D eigenvalue weighted by Crippen LogP contribution is 2.30. The zero-order chi connectivity index (χ0) is 13.7. The lowest BCUT2D eigenvalue weighted by Crippen LogP contribution is -2.63. The Morgan fingerprint density at radius 3 is 2.29 bits per heavy atom. The monoisotopic (exact) mass is 252 g/mol. The van der Waals surface area contributed by atoms with Gasteiger partial charge in [0.1, 0.15) is 0 Å². The summed E-state index contributed by atoms with van der Waals surface area (Å²) in [5.74, 6) is -0.0393. The lowest BCUT2D eigenvalue weighted by molar-refractivity contribution is -0.203. The van der Waals surface area contributed by atoms with Crippen molar-refractivity contribution in [1.29, 1.82) is 0 Å². The molecule has 96 valence electrons. The number of halogens is 3. The van der Waals surface area contributed by atoms with Crippen molar-refractivity contribution < 1.29 is 27.9 Å². The van der Waals surface area contributed by atoms with E-state index in [1.54, 1.807) is 0 Å². The van der Waals surface area contributed by atoms with Gasteiger partial charge in [-0.25, -0.2) is 9.59 Å². The molecule has 1 unspecified atom stereocenters. The minimum atomic E-state index is -5.11. The third kappa shape index (κ3) is 3.86. The van der Waals surface area contributed by atoms with Gasteiger partial charge in [0.25, 0.3) is 0 Å². The van der Waals surface area contributed by atoms with Crippen LogP contribution in [-0.2, 0) is 4.79 Å². The van der Waals surface area contributed by atoms with E-state index >= 15 is 0 Å². The van der Waals surface area contributed by atoms with Gasteiger partial charge in [0.05, 0.1) is 0 Å². The fourth-order valence-electron chi connectivity index (χ4n) is 0.765. The third-order valence-corrected chi connectivity index (χ3v) is 1.91. The molecule has 0 spiro atoms. The Hall–Kier alpha value is -1.91. The van der Waals surface area contributed by atoms with Crippen molar-refractivity contribution >= 4 is 12.0 Å². The molecule has 0 aromatic rings. The molecule has 0 rings (SSSR count). The number of urea groups is 1. The smallest absolute Gasteiger partial charge is 0.422 e. The number of carboxylic acids is 1. The zero-order valence-corrected chi connectivity index (χ0v) is 8.89.